The quantitative estimate of drug-likeness (QED) is 0.363. The van der Waals surface area contributed by atoms with E-state index in [1.165, 1.54) is 0 Å². The van der Waals surface area contributed by atoms with E-state index < -0.39 is 27.9 Å². The van der Waals surface area contributed by atoms with Crippen LogP contribution in [-0.4, -0.2) is 26.1 Å². The summed E-state index contributed by atoms with van der Waals surface area (Å²) >= 11 is 0. The number of hydrogen-bond donors (Lipinski definition) is 0. The maximum atomic E-state index is 11.6. The van der Waals surface area contributed by atoms with Gasteiger partial charge >= 0.3 is 16.4 Å². The highest BCUT2D eigenvalue weighted by molar-refractivity contribution is 7.87. The molecule has 0 aromatic heterocycles. The number of carbonyl (C=O) groups excluding carboxylic acids is 1. The van der Waals surface area contributed by atoms with Crippen LogP contribution in [-0.2, 0) is 15.0 Å². The SMILES string of the molecule is O=CC(C(F)(F)F)S(=O)(=O)F. The third-order valence-corrected chi connectivity index (χ3v) is 1.73. The van der Waals surface area contributed by atoms with Gasteiger partial charge in [0, 0.05) is 0 Å². The summed E-state index contributed by atoms with van der Waals surface area (Å²) in [6.07, 6.45) is -6.38. The average molecular weight is 194 g/mol. The first kappa shape index (κ1) is 10.3. The van der Waals surface area contributed by atoms with Crippen molar-refractivity contribution in [1.82, 2.24) is 0 Å². The van der Waals surface area contributed by atoms with Gasteiger partial charge in [-0.1, -0.05) is 0 Å². The minimum Gasteiger partial charge on any atom is -0.301 e. The number of aldehydes is 1. The van der Waals surface area contributed by atoms with Gasteiger partial charge in [-0.15, -0.1) is 3.89 Å². The summed E-state index contributed by atoms with van der Waals surface area (Å²) in [5, 5.41) is -3.56. The van der Waals surface area contributed by atoms with Crippen LogP contribution < -0.4 is 0 Å². The minimum atomic E-state index is -5.87. The molecule has 66 valence electrons. The molecule has 3 nitrogen and oxygen atoms in total. The molecule has 0 aromatic rings. The van der Waals surface area contributed by atoms with Crippen LogP contribution in [0.15, 0.2) is 0 Å². The van der Waals surface area contributed by atoms with Crippen LogP contribution in [0.5, 0.6) is 0 Å². The zero-order valence-electron chi connectivity index (χ0n) is 4.80. The molecule has 0 aromatic carbocycles. The molecule has 1 atom stereocenters. The van der Waals surface area contributed by atoms with Crippen molar-refractivity contribution in [3.63, 3.8) is 0 Å². The average Bonchev–Trinajstić information content (AvgIpc) is 1.56. The first-order valence-electron chi connectivity index (χ1n) is 2.15. The van der Waals surface area contributed by atoms with Crippen LogP contribution >= 0.6 is 0 Å². The summed E-state index contributed by atoms with van der Waals surface area (Å²) < 4.78 is 64.9. The van der Waals surface area contributed by atoms with E-state index in [1.54, 1.807) is 0 Å². The van der Waals surface area contributed by atoms with Crippen LogP contribution in [0.3, 0.4) is 0 Å². The van der Waals surface area contributed by atoms with Crippen molar-refractivity contribution in [3.8, 4) is 0 Å². The Kier molecular flexibility index (Phi) is 2.60. The highest BCUT2D eigenvalue weighted by Gasteiger charge is 2.49. The fourth-order valence-electron chi connectivity index (χ4n) is 0.303. The minimum absolute atomic E-state index is 1.00. The van der Waals surface area contributed by atoms with E-state index in [1.807, 2.05) is 0 Å². The third kappa shape index (κ3) is 2.83. The first-order chi connectivity index (χ1) is 4.69. The van der Waals surface area contributed by atoms with Crippen molar-refractivity contribution in [2.75, 3.05) is 0 Å². The third-order valence-electron chi connectivity index (χ3n) is 0.750. The summed E-state index contributed by atoms with van der Waals surface area (Å²) in [5.41, 5.74) is 0. The molecule has 0 rings (SSSR count). The van der Waals surface area contributed by atoms with Gasteiger partial charge in [-0.3, -0.25) is 0 Å². The number of halogens is 4. The van der Waals surface area contributed by atoms with Gasteiger partial charge in [0.05, 0.1) is 0 Å². The molecule has 0 N–H and O–H groups in total. The maximum Gasteiger partial charge on any atom is 0.414 e. The van der Waals surface area contributed by atoms with Gasteiger partial charge in [0.2, 0.25) is 5.25 Å². The second kappa shape index (κ2) is 2.76. The molecule has 0 saturated heterocycles. The van der Waals surface area contributed by atoms with E-state index in [4.69, 9.17) is 0 Å². The zero-order chi connectivity index (χ0) is 9.28. The van der Waals surface area contributed by atoms with E-state index in [0.717, 1.165) is 0 Å². The summed E-state index contributed by atoms with van der Waals surface area (Å²) in [6.45, 7) is 0. The Bertz CT molecular complexity index is 240. The van der Waals surface area contributed by atoms with Crippen molar-refractivity contribution in [1.29, 1.82) is 0 Å². The molecule has 0 aliphatic rings. The van der Waals surface area contributed by atoms with Crippen molar-refractivity contribution in [2.45, 2.75) is 11.4 Å². The molecule has 0 amide bonds. The summed E-state index contributed by atoms with van der Waals surface area (Å²) in [6, 6.07) is 0. The van der Waals surface area contributed by atoms with E-state index >= 15 is 0 Å². The Morgan fingerprint density at radius 3 is 1.64 bits per heavy atom. The van der Waals surface area contributed by atoms with Gasteiger partial charge in [0.1, 0.15) is 6.29 Å². The highest BCUT2D eigenvalue weighted by atomic mass is 32.3. The lowest BCUT2D eigenvalue weighted by molar-refractivity contribution is -0.141. The van der Waals surface area contributed by atoms with Gasteiger partial charge in [0.15, 0.2) is 0 Å². The van der Waals surface area contributed by atoms with Gasteiger partial charge in [0.25, 0.3) is 0 Å². The summed E-state index contributed by atoms with van der Waals surface area (Å²) in [4.78, 5) is 9.46. The summed E-state index contributed by atoms with van der Waals surface area (Å²) in [5.74, 6) is 0. The monoisotopic (exact) mass is 194 g/mol. The predicted octanol–water partition coefficient (Wildman–Crippen LogP) is 0.416. The van der Waals surface area contributed by atoms with Gasteiger partial charge < -0.3 is 4.79 Å². The van der Waals surface area contributed by atoms with E-state index in [2.05, 4.69) is 0 Å². The standard InChI is InChI=1S/C3H2F4O3S/c4-3(5,6)2(1-8)11(7,9)10/h1-2H. The lowest BCUT2D eigenvalue weighted by Gasteiger charge is -2.08. The second-order valence-corrected chi connectivity index (χ2v) is 3.03. The number of carbonyl (C=O) groups is 1. The Hall–Kier alpha value is -0.660. The van der Waals surface area contributed by atoms with Gasteiger partial charge in [-0.25, -0.2) is 0 Å². The number of alkyl halides is 3. The van der Waals surface area contributed by atoms with E-state index in [0.29, 0.717) is 0 Å². The predicted molar refractivity (Wildman–Crippen MR) is 25.9 cm³/mol. The molecule has 0 radical (unpaired) electrons. The lowest BCUT2D eigenvalue weighted by atomic mass is 10.5. The van der Waals surface area contributed by atoms with Crippen molar-refractivity contribution < 1.29 is 30.3 Å². The van der Waals surface area contributed by atoms with Crippen LogP contribution in [0, 0.1) is 0 Å². The number of rotatable bonds is 2. The van der Waals surface area contributed by atoms with Gasteiger partial charge in [-0.05, 0) is 0 Å². The molecule has 1 unspecified atom stereocenters. The van der Waals surface area contributed by atoms with Crippen LogP contribution in [0.4, 0.5) is 17.1 Å². The van der Waals surface area contributed by atoms with Crippen LogP contribution in [0.1, 0.15) is 0 Å². The Balaban J connectivity index is 4.87. The van der Waals surface area contributed by atoms with E-state index in [-0.39, 0.29) is 0 Å². The molecule has 11 heavy (non-hydrogen) atoms. The smallest absolute Gasteiger partial charge is 0.301 e. The van der Waals surface area contributed by atoms with Crippen LogP contribution in [0.2, 0.25) is 0 Å². The molecule has 0 bridgehead atoms. The summed E-state index contributed by atoms with van der Waals surface area (Å²) in [7, 11) is -5.87. The van der Waals surface area contributed by atoms with Crippen molar-refractivity contribution >= 4 is 16.5 Å². The topological polar surface area (TPSA) is 51.2 Å². The largest absolute Gasteiger partial charge is 0.414 e. The highest BCUT2D eigenvalue weighted by Crippen LogP contribution is 2.25. The fourth-order valence-corrected chi connectivity index (χ4v) is 0.755. The first-order valence-corrected chi connectivity index (χ1v) is 3.59. The molecule has 8 heteroatoms. The second-order valence-electron chi connectivity index (χ2n) is 1.57. The van der Waals surface area contributed by atoms with E-state index in [9.17, 15) is 30.3 Å². The lowest BCUT2D eigenvalue weighted by Crippen LogP contribution is -2.35. The Morgan fingerprint density at radius 1 is 1.27 bits per heavy atom. The molecule has 0 heterocycles. The Morgan fingerprint density at radius 2 is 1.64 bits per heavy atom. The zero-order valence-corrected chi connectivity index (χ0v) is 5.62. The molecule has 0 spiro atoms. The van der Waals surface area contributed by atoms with Crippen LogP contribution in [0.25, 0.3) is 0 Å². The molecule has 0 aliphatic heterocycles. The normalized spacial score (nSPS) is 16.0. The van der Waals surface area contributed by atoms with Gasteiger partial charge in [-0.2, -0.15) is 21.6 Å². The maximum absolute atomic E-state index is 11.6. The van der Waals surface area contributed by atoms with Crippen molar-refractivity contribution in [3.05, 3.63) is 0 Å². The molecular weight excluding hydrogens is 192 g/mol. The molecule has 0 aliphatic carbocycles. The molecular formula is C3H2F4O3S. The van der Waals surface area contributed by atoms with Crippen molar-refractivity contribution in [2.24, 2.45) is 0 Å². The molecule has 0 fully saturated rings. The number of hydrogen-bond acceptors (Lipinski definition) is 3. The molecule has 0 saturated carbocycles. The Labute approximate surface area is 59.2 Å². The fraction of sp³-hybridized carbons (Fsp3) is 0.667.